The summed E-state index contributed by atoms with van der Waals surface area (Å²) < 4.78 is 6.55. The van der Waals surface area contributed by atoms with Crippen molar-refractivity contribution in [2.24, 2.45) is 12.8 Å². The maximum atomic E-state index is 12.1. The van der Waals surface area contributed by atoms with Crippen molar-refractivity contribution in [3.8, 4) is 0 Å². The molecule has 1 saturated carbocycles. The number of nitrogens with zero attached hydrogens (tertiary/aromatic N) is 2. The van der Waals surface area contributed by atoms with Gasteiger partial charge >= 0.3 is 6.09 Å². The fraction of sp³-hybridized carbons (Fsp3) is 0.308. The van der Waals surface area contributed by atoms with Gasteiger partial charge in [-0.25, -0.2) is 4.79 Å². The molecular formula is C13H14N4O3S. The summed E-state index contributed by atoms with van der Waals surface area (Å²) in [6, 6.07) is 1.82. The van der Waals surface area contributed by atoms with Crippen molar-refractivity contribution < 1.29 is 14.3 Å². The summed E-state index contributed by atoms with van der Waals surface area (Å²) in [5.41, 5.74) is 6.22. The van der Waals surface area contributed by atoms with E-state index in [9.17, 15) is 9.59 Å². The van der Waals surface area contributed by atoms with Crippen LogP contribution in [0.1, 0.15) is 27.6 Å². The summed E-state index contributed by atoms with van der Waals surface area (Å²) in [4.78, 5) is 23.8. The number of hydrogen-bond donors (Lipinski definition) is 2. The van der Waals surface area contributed by atoms with Crippen molar-refractivity contribution in [3.63, 3.8) is 0 Å². The molecule has 1 aliphatic rings. The molecule has 110 valence electrons. The summed E-state index contributed by atoms with van der Waals surface area (Å²) in [5.74, 6) is -0.0269. The second-order valence-electron chi connectivity index (χ2n) is 4.91. The van der Waals surface area contributed by atoms with Crippen molar-refractivity contribution in [1.82, 2.24) is 9.78 Å². The van der Waals surface area contributed by atoms with Crippen LogP contribution in [0.15, 0.2) is 23.8 Å². The molecule has 2 amide bonds. The summed E-state index contributed by atoms with van der Waals surface area (Å²) in [6.07, 6.45) is 3.16. The fourth-order valence-corrected chi connectivity index (χ4v) is 3.16. The molecule has 1 fully saturated rings. The van der Waals surface area contributed by atoms with Crippen LogP contribution in [-0.4, -0.2) is 27.9 Å². The van der Waals surface area contributed by atoms with E-state index in [-0.39, 0.29) is 17.9 Å². The van der Waals surface area contributed by atoms with E-state index in [2.05, 4.69) is 10.4 Å². The second kappa shape index (κ2) is 5.21. The number of carbonyl (C=O) groups is 2. The van der Waals surface area contributed by atoms with E-state index in [1.165, 1.54) is 11.3 Å². The third-order valence-corrected chi connectivity index (χ3v) is 4.27. The van der Waals surface area contributed by atoms with Crippen LogP contribution in [-0.2, 0) is 11.8 Å². The molecule has 0 radical (unpaired) electrons. The van der Waals surface area contributed by atoms with Gasteiger partial charge in [0.05, 0.1) is 17.4 Å². The number of aryl methyl sites for hydroxylation is 1. The van der Waals surface area contributed by atoms with E-state index in [0.29, 0.717) is 11.3 Å². The molecule has 0 aromatic carbocycles. The normalized spacial score (nSPS) is 20.0. The van der Waals surface area contributed by atoms with Crippen molar-refractivity contribution in [3.05, 3.63) is 34.3 Å². The summed E-state index contributed by atoms with van der Waals surface area (Å²) in [7, 11) is 1.78. The van der Waals surface area contributed by atoms with Crippen LogP contribution in [0, 0.1) is 0 Å². The Morgan fingerprint density at radius 1 is 1.57 bits per heavy atom. The third-order valence-electron chi connectivity index (χ3n) is 3.21. The number of ether oxygens (including phenoxy) is 1. The highest BCUT2D eigenvalue weighted by atomic mass is 32.1. The van der Waals surface area contributed by atoms with Crippen molar-refractivity contribution >= 4 is 29.0 Å². The Balaban J connectivity index is 1.62. The molecule has 2 atom stereocenters. The van der Waals surface area contributed by atoms with Crippen molar-refractivity contribution in [2.75, 3.05) is 5.32 Å². The predicted molar refractivity (Wildman–Crippen MR) is 77.3 cm³/mol. The number of amides is 2. The molecule has 2 unspecified atom stereocenters. The quantitative estimate of drug-likeness (QED) is 0.897. The van der Waals surface area contributed by atoms with Crippen molar-refractivity contribution in [1.29, 1.82) is 0 Å². The Bertz CT molecular complexity index is 693. The number of carbonyl (C=O) groups excluding carboxylic acids is 2. The molecule has 8 heteroatoms. The molecule has 21 heavy (non-hydrogen) atoms. The van der Waals surface area contributed by atoms with Gasteiger partial charge in [0.1, 0.15) is 6.10 Å². The lowest BCUT2D eigenvalue weighted by Crippen LogP contribution is -2.14. The summed E-state index contributed by atoms with van der Waals surface area (Å²) >= 11 is 1.48. The van der Waals surface area contributed by atoms with Gasteiger partial charge in [0.15, 0.2) is 0 Å². The molecule has 2 aromatic heterocycles. The summed E-state index contributed by atoms with van der Waals surface area (Å²) in [6.45, 7) is 0. The van der Waals surface area contributed by atoms with Gasteiger partial charge in [0.25, 0.3) is 5.91 Å². The molecule has 7 nitrogen and oxygen atoms in total. The fourth-order valence-electron chi connectivity index (χ4n) is 2.11. The molecule has 2 aromatic rings. The SMILES string of the molecule is Cn1cc(NC(=O)c2csc(C3CC3OC(N)=O)c2)cn1. The molecule has 0 saturated heterocycles. The van der Waals surface area contributed by atoms with E-state index in [1.54, 1.807) is 29.5 Å². The molecule has 3 N–H and O–H groups in total. The van der Waals surface area contributed by atoms with Crippen LogP contribution in [0.4, 0.5) is 10.5 Å². The van der Waals surface area contributed by atoms with Crippen LogP contribution in [0.3, 0.4) is 0 Å². The van der Waals surface area contributed by atoms with E-state index in [4.69, 9.17) is 10.5 Å². The van der Waals surface area contributed by atoms with Crippen LogP contribution in [0.25, 0.3) is 0 Å². The average molecular weight is 306 g/mol. The first-order chi connectivity index (χ1) is 10.0. The molecule has 0 aliphatic heterocycles. The number of anilines is 1. The van der Waals surface area contributed by atoms with Gasteiger partial charge in [-0.1, -0.05) is 0 Å². The molecule has 0 spiro atoms. The van der Waals surface area contributed by atoms with Crippen molar-refractivity contribution in [2.45, 2.75) is 18.4 Å². The lowest BCUT2D eigenvalue weighted by molar-refractivity contribution is 0.102. The topological polar surface area (TPSA) is 99.2 Å². The van der Waals surface area contributed by atoms with Crippen LogP contribution < -0.4 is 11.1 Å². The predicted octanol–water partition coefficient (Wildman–Crippen LogP) is 1.69. The molecule has 0 bridgehead atoms. The number of thiophene rings is 1. The van der Waals surface area contributed by atoms with Gasteiger partial charge in [0, 0.05) is 29.4 Å². The Labute approximate surface area is 124 Å². The van der Waals surface area contributed by atoms with Gasteiger partial charge in [-0.3, -0.25) is 9.48 Å². The number of aromatic nitrogens is 2. The number of rotatable bonds is 4. The number of primary amides is 1. The van der Waals surface area contributed by atoms with Crippen LogP contribution in [0.5, 0.6) is 0 Å². The highest BCUT2D eigenvalue weighted by Crippen LogP contribution is 2.45. The van der Waals surface area contributed by atoms with E-state index < -0.39 is 6.09 Å². The molecule has 2 heterocycles. The lowest BCUT2D eigenvalue weighted by Gasteiger charge is -1.99. The first kappa shape index (κ1) is 13.6. The second-order valence-corrected chi connectivity index (χ2v) is 5.85. The number of nitrogens with one attached hydrogen (secondary N) is 1. The third kappa shape index (κ3) is 3.05. The highest BCUT2D eigenvalue weighted by molar-refractivity contribution is 7.10. The minimum Gasteiger partial charge on any atom is -0.446 e. The molecule has 1 aliphatic carbocycles. The average Bonchev–Trinajstić information content (AvgIpc) is 2.86. The smallest absolute Gasteiger partial charge is 0.404 e. The van der Waals surface area contributed by atoms with Gasteiger partial charge in [-0.2, -0.15) is 5.10 Å². The minimum absolute atomic E-state index is 0.155. The van der Waals surface area contributed by atoms with Crippen LogP contribution >= 0.6 is 11.3 Å². The minimum atomic E-state index is -0.756. The van der Waals surface area contributed by atoms with E-state index in [0.717, 1.165) is 11.3 Å². The van der Waals surface area contributed by atoms with Gasteiger partial charge in [-0.05, 0) is 12.5 Å². The number of nitrogens with two attached hydrogens (primary N) is 1. The monoisotopic (exact) mass is 306 g/mol. The standard InChI is InChI=1S/C13H14N4O3S/c1-17-5-8(4-15-17)16-12(18)7-2-11(21-6-7)9-3-10(9)20-13(14)19/h2,4-6,9-10H,3H2,1H3,(H2,14,19)(H,16,18). The highest BCUT2D eigenvalue weighted by Gasteiger charge is 2.42. The number of hydrogen-bond acceptors (Lipinski definition) is 5. The zero-order valence-corrected chi connectivity index (χ0v) is 12.1. The zero-order valence-electron chi connectivity index (χ0n) is 11.3. The Morgan fingerprint density at radius 3 is 3.05 bits per heavy atom. The summed E-state index contributed by atoms with van der Waals surface area (Å²) in [5, 5.41) is 8.56. The Hall–Kier alpha value is -2.35. The zero-order chi connectivity index (χ0) is 15.0. The first-order valence-corrected chi connectivity index (χ1v) is 7.25. The van der Waals surface area contributed by atoms with Crippen LogP contribution in [0.2, 0.25) is 0 Å². The van der Waals surface area contributed by atoms with E-state index >= 15 is 0 Å². The lowest BCUT2D eigenvalue weighted by atomic mass is 10.2. The Kier molecular flexibility index (Phi) is 3.38. The molecule has 3 rings (SSSR count). The maximum Gasteiger partial charge on any atom is 0.404 e. The first-order valence-electron chi connectivity index (χ1n) is 6.37. The van der Waals surface area contributed by atoms with E-state index in [1.807, 2.05) is 6.07 Å². The van der Waals surface area contributed by atoms with Gasteiger partial charge in [-0.15, -0.1) is 11.3 Å². The maximum absolute atomic E-state index is 12.1. The molecular weight excluding hydrogens is 292 g/mol. The van der Waals surface area contributed by atoms with Gasteiger partial charge in [0.2, 0.25) is 0 Å². The van der Waals surface area contributed by atoms with Gasteiger partial charge < -0.3 is 15.8 Å². The Morgan fingerprint density at radius 2 is 2.38 bits per heavy atom. The largest absolute Gasteiger partial charge is 0.446 e.